The van der Waals surface area contributed by atoms with Crippen molar-refractivity contribution in [3.63, 3.8) is 0 Å². The number of nitrogens with one attached hydrogen (secondary N) is 1. The van der Waals surface area contributed by atoms with Crippen LogP contribution in [0, 0.1) is 5.82 Å². The number of carbonyl (C=O) groups excluding carboxylic acids is 2. The van der Waals surface area contributed by atoms with Crippen LogP contribution in [0.4, 0.5) is 15.0 Å². The van der Waals surface area contributed by atoms with Gasteiger partial charge in [-0.3, -0.25) is 15.0 Å². The highest BCUT2D eigenvalue weighted by Gasteiger charge is 2.24. The Hall–Kier alpha value is -4.09. The number of aromatic nitrogens is 4. The highest BCUT2D eigenvalue weighted by Crippen LogP contribution is 2.22. The summed E-state index contributed by atoms with van der Waals surface area (Å²) >= 11 is 6.08. The monoisotopic (exact) mass is 593 g/mol. The van der Waals surface area contributed by atoms with Gasteiger partial charge in [0.05, 0.1) is 24.2 Å². The molecule has 12 heteroatoms. The van der Waals surface area contributed by atoms with Crippen molar-refractivity contribution in [3.8, 4) is 0 Å². The standard InChI is InChI=1S/C30H33ClFN7O3/c1-37(28(40)12-11-21-8-4-10-25(32)29(21)31)24(9-5-13-38-14-15-39-27(18-38)34-20-35-39)19-42-30(41)36-26-16-22-6-2-3-7-23(22)17-33-26/h2-4,6-8,10,16-17,20,24H,5,9,11-15,18-19H2,1H3,(H,33,36,41)/t24-/m0/s1. The third kappa shape index (κ3) is 7.40. The number of rotatable bonds is 11. The molecular formula is C30H33ClFN7O3. The van der Waals surface area contributed by atoms with Crippen molar-refractivity contribution in [3.05, 3.63) is 83.3 Å². The third-order valence-electron chi connectivity index (χ3n) is 7.55. The van der Waals surface area contributed by atoms with Crippen LogP contribution in [-0.4, -0.2) is 74.3 Å². The van der Waals surface area contributed by atoms with Gasteiger partial charge in [0, 0.05) is 31.6 Å². The van der Waals surface area contributed by atoms with Gasteiger partial charge in [0.15, 0.2) is 0 Å². The van der Waals surface area contributed by atoms with Gasteiger partial charge in [0.1, 0.15) is 30.4 Å². The van der Waals surface area contributed by atoms with E-state index in [1.54, 1.807) is 42.7 Å². The quantitative estimate of drug-likeness (QED) is 0.263. The Bertz CT molecular complexity index is 1550. The van der Waals surface area contributed by atoms with Crippen molar-refractivity contribution in [2.45, 2.75) is 44.8 Å². The number of halogens is 2. The fourth-order valence-corrected chi connectivity index (χ4v) is 5.29. The number of amides is 2. The van der Waals surface area contributed by atoms with Crippen molar-refractivity contribution in [2.24, 2.45) is 0 Å². The Kier molecular flexibility index (Phi) is 9.60. The van der Waals surface area contributed by atoms with E-state index in [2.05, 4.69) is 25.3 Å². The third-order valence-corrected chi connectivity index (χ3v) is 7.97. The first-order valence-corrected chi connectivity index (χ1v) is 14.3. The van der Waals surface area contributed by atoms with Crippen molar-refractivity contribution in [1.29, 1.82) is 0 Å². The van der Waals surface area contributed by atoms with Gasteiger partial charge in [0.2, 0.25) is 5.91 Å². The summed E-state index contributed by atoms with van der Waals surface area (Å²) in [4.78, 5) is 38.4. The predicted octanol–water partition coefficient (Wildman–Crippen LogP) is 4.92. The van der Waals surface area contributed by atoms with Gasteiger partial charge >= 0.3 is 6.09 Å². The molecule has 0 fully saturated rings. The summed E-state index contributed by atoms with van der Waals surface area (Å²) in [5.74, 6) is 0.656. The second-order valence-electron chi connectivity index (χ2n) is 10.3. The molecular weight excluding hydrogens is 561 g/mol. The first-order chi connectivity index (χ1) is 20.4. The second kappa shape index (κ2) is 13.7. The molecule has 2 aromatic heterocycles. The van der Waals surface area contributed by atoms with E-state index in [4.69, 9.17) is 16.3 Å². The molecule has 0 radical (unpaired) electrons. The van der Waals surface area contributed by atoms with Crippen molar-refractivity contribution >= 4 is 40.2 Å². The number of likely N-dealkylation sites (N-methyl/N-ethyl adjacent to an activating group) is 1. The second-order valence-corrected chi connectivity index (χ2v) is 10.7. The molecule has 10 nitrogen and oxygen atoms in total. The maximum atomic E-state index is 13.9. The average Bonchev–Trinajstić information content (AvgIpc) is 3.47. The van der Waals surface area contributed by atoms with Gasteiger partial charge in [-0.25, -0.2) is 23.8 Å². The molecule has 0 saturated carbocycles. The SMILES string of the molecule is CN(C(=O)CCc1cccc(F)c1Cl)[C@@H](CCCN1CCn2ncnc2C1)COC(=O)Nc1cc2ccccc2cn1. The molecule has 220 valence electrons. The van der Waals surface area contributed by atoms with Gasteiger partial charge in [-0.2, -0.15) is 5.10 Å². The molecule has 1 aliphatic heterocycles. The zero-order valence-electron chi connectivity index (χ0n) is 23.4. The molecule has 1 aliphatic rings. The van der Waals surface area contributed by atoms with Gasteiger partial charge in [-0.05, 0) is 48.9 Å². The number of aryl methyl sites for hydroxylation is 1. The van der Waals surface area contributed by atoms with E-state index in [1.807, 2.05) is 28.9 Å². The van der Waals surface area contributed by atoms with Gasteiger partial charge in [-0.1, -0.05) is 48.0 Å². The van der Waals surface area contributed by atoms with E-state index in [0.717, 1.165) is 42.7 Å². The number of benzene rings is 2. The molecule has 0 spiro atoms. The number of fused-ring (bicyclic) bond motifs is 2. The minimum absolute atomic E-state index is 0.0106. The Morgan fingerprint density at radius 3 is 2.83 bits per heavy atom. The summed E-state index contributed by atoms with van der Waals surface area (Å²) < 4.78 is 21.3. The maximum Gasteiger partial charge on any atom is 0.412 e. The van der Waals surface area contributed by atoms with Crippen LogP contribution in [0.3, 0.4) is 0 Å². The van der Waals surface area contributed by atoms with Crippen LogP contribution in [0.1, 0.15) is 30.7 Å². The van der Waals surface area contributed by atoms with Crippen molar-refractivity contribution in [2.75, 3.05) is 32.1 Å². The Morgan fingerprint density at radius 1 is 1.14 bits per heavy atom. The number of nitrogens with zero attached hydrogens (tertiary/aromatic N) is 6. The first-order valence-electron chi connectivity index (χ1n) is 13.9. The summed E-state index contributed by atoms with van der Waals surface area (Å²) in [5.41, 5.74) is 0.575. The number of hydrogen-bond acceptors (Lipinski definition) is 7. The molecule has 42 heavy (non-hydrogen) atoms. The summed E-state index contributed by atoms with van der Waals surface area (Å²) in [6.07, 6.45) is 4.46. The minimum atomic E-state index is -0.648. The lowest BCUT2D eigenvalue weighted by Crippen LogP contribution is -2.42. The van der Waals surface area contributed by atoms with Gasteiger partial charge < -0.3 is 9.64 Å². The number of anilines is 1. The lowest BCUT2D eigenvalue weighted by Gasteiger charge is -2.30. The topological polar surface area (TPSA) is 105 Å². The molecule has 0 unspecified atom stereocenters. The van der Waals surface area contributed by atoms with Crippen molar-refractivity contribution < 1.29 is 18.7 Å². The molecule has 2 aromatic carbocycles. The zero-order chi connectivity index (χ0) is 29.5. The van der Waals surface area contributed by atoms with Gasteiger partial charge in [0.25, 0.3) is 0 Å². The van der Waals surface area contributed by atoms with Crippen LogP contribution in [0.5, 0.6) is 0 Å². The lowest BCUT2D eigenvalue weighted by molar-refractivity contribution is -0.133. The van der Waals surface area contributed by atoms with Crippen LogP contribution in [-0.2, 0) is 29.0 Å². The van der Waals surface area contributed by atoms with Crippen LogP contribution in [0.25, 0.3) is 10.8 Å². The van der Waals surface area contributed by atoms with E-state index in [1.165, 1.54) is 6.07 Å². The van der Waals surface area contributed by atoms with E-state index in [-0.39, 0.29) is 30.0 Å². The average molecular weight is 594 g/mol. The van der Waals surface area contributed by atoms with E-state index in [9.17, 15) is 14.0 Å². The van der Waals surface area contributed by atoms with Crippen LogP contribution in [0.2, 0.25) is 5.02 Å². The molecule has 4 aromatic rings. The fourth-order valence-electron chi connectivity index (χ4n) is 5.07. The number of carbonyl (C=O) groups is 2. The summed E-state index contributed by atoms with van der Waals surface area (Å²) in [7, 11) is 1.70. The molecule has 1 atom stereocenters. The fraction of sp³-hybridized carbons (Fsp3) is 0.367. The molecule has 3 heterocycles. The van der Waals surface area contributed by atoms with Gasteiger partial charge in [-0.15, -0.1) is 0 Å². The molecule has 2 amide bonds. The lowest BCUT2D eigenvalue weighted by atomic mass is 10.1. The highest BCUT2D eigenvalue weighted by atomic mass is 35.5. The minimum Gasteiger partial charge on any atom is -0.447 e. The highest BCUT2D eigenvalue weighted by molar-refractivity contribution is 6.31. The van der Waals surface area contributed by atoms with Crippen molar-refractivity contribution in [1.82, 2.24) is 29.5 Å². The first kappa shape index (κ1) is 29.4. The molecule has 0 saturated heterocycles. The molecule has 0 bridgehead atoms. The molecule has 5 rings (SSSR count). The van der Waals surface area contributed by atoms with E-state index >= 15 is 0 Å². The molecule has 1 N–H and O–H groups in total. The maximum absolute atomic E-state index is 13.9. The Balaban J connectivity index is 1.18. The Labute approximate surface area is 248 Å². The summed E-state index contributed by atoms with van der Waals surface area (Å²) in [5, 5.41) is 8.84. The number of hydrogen-bond donors (Lipinski definition) is 1. The smallest absolute Gasteiger partial charge is 0.412 e. The summed E-state index contributed by atoms with van der Waals surface area (Å²) in [6, 6.07) is 13.7. The predicted molar refractivity (Wildman–Crippen MR) is 158 cm³/mol. The van der Waals surface area contributed by atoms with Crippen LogP contribution in [0.15, 0.2) is 61.1 Å². The summed E-state index contributed by atoms with van der Waals surface area (Å²) in [6.45, 7) is 3.17. The zero-order valence-corrected chi connectivity index (χ0v) is 24.1. The van der Waals surface area contributed by atoms with Crippen LogP contribution < -0.4 is 5.32 Å². The normalized spacial score (nSPS) is 13.9. The number of pyridine rings is 1. The Morgan fingerprint density at radius 2 is 1.98 bits per heavy atom. The largest absolute Gasteiger partial charge is 0.447 e. The molecule has 0 aliphatic carbocycles. The van der Waals surface area contributed by atoms with E-state index < -0.39 is 11.9 Å². The van der Waals surface area contributed by atoms with Crippen LogP contribution >= 0.6 is 11.6 Å². The number of ether oxygens (including phenoxy) is 1. The van der Waals surface area contributed by atoms with E-state index in [0.29, 0.717) is 30.8 Å².